The molecule has 1 fully saturated rings. The number of hydrogen-bond donors (Lipinski definition) is 0. The Morgan fingerprint density at radius 1 is 0.852 bits per heavy atom. The Bertz CT molecular complexity index is 661. The van der Waals surface area contributed by atoms with Crippen LogP contribution in [-0.4, -0.2) is 0 Å². The zero-order valence-electron chi connectivity index (χ0n) is 17.4. The van der Waals surface area contributed by atoms with Crippen molar-refractivity contribution in [3.05, 3.63) is 47.5 Å². The van der Waals surface area contributed by atoms with Gasteiger partial charge in [-0.1, -0.05) is 81.8 Å². The van der Waals surface area contributed by atoms with Crippen LogP contribution in [0.15, 0.2) is 36.4 Å². The standard InChI is InChI=1S/C27H36/c1-3-5-6-9-13-25-20-22-27(23-21-25)15-11-8-7-10-14-26-18-16-24(12-4-2)17-19-26/h7-8,20-24,26H,3-6,9,12-13,16-19H2,1-2H3/b8-7+/t24-,26-. The lowest BCUT2D eigenvalue weighted by molar-refractivity contribution is 0.300. The maximum Gasteiger partial charge on any atom is 0.0249 e. The summed E-state index contributed by atoms with van der Waals surface area (Å²) >= 11 is 0. The van der Waals surface area contributed by atoms with E-state index in [4.69, 9.17) is 0 Å². The lowest BCUT2D eigenvalue weighted by Crippen LogP contribution is -2.12. The van der Waals surface area contributed by atoms with E-state index in [0.717, 1.165) is 11.5 Å². The molecule has 0 amide bonds. The highest BCUT2D eigenvalue weighted by Gasteiger charge is 2.18. The molecule has 0 aromatic heterocycles. The first-order valence-corrected chi connectivity index (χ1v) is 11.1. The molecule has 0 saturated heterocycles. The Hall–Kier alpha value is -1.92. The Labute approximate surface area is 167 Å². The van der Waals surface area contributed by atoms with Gasteiger partial charge in [0.2, 0.25) is 0 Å². The van der Waals surface area contributed by atoms with Crippen molar-refractivity contribution in [2.24, 2.45) is 11.8 Å². The smallest absolute Gasteiger partial charge is 0.0249 e. The SMILES string of the molecule is CCCCCCc1ccc(C#C/C=C/C#C[C@H]2CC[C@H](CCC)CC2)cc1. The van der Waals surface area contributed by atoms with Gasteiger partial charge in [0.05, 0.1) is 0 Å². The van der Waals surface area contributed by atoms with Gasteiger partial charge in [0, 0.05) is 11.5 Å². The predicted octanol–water partition coefficient (Wildman–Crippen LogP) is 7.33. The molecule has 0 N–H and O–H groups in total. The molecule has 0 unspecified atom stereocenters. The first-order chi connectivity index (χ1) is 13.3. The minimum atomic E-state index is 0.598. The van der Waals surface area contributed by atoms with E-state index in [1.54, 1.807) is 0 Å². The number of aryl methyl sites for hydroxylation is 1. The maximum absolute atomic E-state index is 3.41. The third-order valence-electron chi connectivity index (χ3n) is 5.57. The second kappa shape index (κ2) is 13.3. The fraction of sp³-hybridized carbons (Fsp3) is 0.556. The summed E-state index contributed by atoms with van der Waals surface area (Å²) in [5.74, 6) is 14.5. The molecule has 0 aliphatic heterocycles. The van der Waals surface area contributed by atoms with Crippen LogP contribution >= 0.6 is 0 Å². The van der Waals surface area contributed by atoms with Crippen molar-refractivity contribution in [1.29, 1.82) is 0 Å². The van der Waals surface area contributed by atoms with E-state index in [2.05, 4.69) is 61.8 Å². The molecular weight excluding hydrogens is 324 g/mol. The Morgan fingerprint density at radius 2 is 1.59 bits per heavy atom. The summed E-state index contributed by atoms with van der Waals surface area (Å²) in [7, 11) is 0. The number of allylic oxidation sites excluding steroid dienone is 2. The zero-order valence-corrected chi connectivity index (χ0v) is 17.4. The summed E-state index contributed by atoms with van der Waals surface area (Å²) in [5, 5.41) is 0. The molecule has 0 radical (unpaired) electrons. The van der Waals surface area contributed by atoms with Crippen LogP contribution in [0.4, 0.5) is 0 Å². The van der Waals surface area contributed by atoms with Crippen molar-refractivity contribution in [2.75, 3.05) is 0 Å². The highest BCUT2D eigenvalue weighted by atomic mass is 14.2. The van der Waals surface area contributed by atoms with E-state index in [-0.39, 0.29) is 0 Å². The van der Waals surface area contributed by atoms with Gasteiger partial charge in [0.25, 0.3) is 0 Å². The molecule has 1 aliphatic carbocycles. The summed E-state index contributed by atoms with van der Waals surface area (Å²) in [6.07, 6.45) is 18.3. The molecule has 0 atom stereocenters. The monoisotopic (exact) mass is 360 g/mol. The number of benzene rings is 1. The molecule has 144 valence electrons. The first-order valence-electron chi connectivity index (χ1n) is 11.1. The van der Waals surface area contributed by atoms with Gasteiger partial charge in [-0.3, -0.25) is 0 Å². The molecule has 0 bridgehead atoms. The van der Waals surface area contributed by atoms with Gasteiger partial charge in [-0.2, -0.15) is 0 Å². The largest absolute Gasteiger partial charge is 0.0951 e. The van der Waals surface area contributed by atoms with Crippen molar-refractivity contribution in [2.45, 2.75) is 84.5 Å². The van der Waals surface area contributed by atoms with Crippen LogP contribution in [0.5, 0.6) is 0 Å². The fourth-order valence-electron chi connectivity index (χ4n) is 3.89. The average molecular weight is 361 g/mol. The highest BCUT2D eigenvalue weighted by molar-refractivity contribution is 5.39. The van der Waals surface area contributed by atoms with E-state index in [0.29, 0.717) is 5.92 Å². The predicted molar refractivity (Wildman–Crippen MR) is 118 cm³/mol. The molecule has 0 spiro atoms. The lowest BCUT2D eigenvalue weighted by Gasteiger charge is -2.25. The summed E-state index contributed by atoms with van der Waals surface area (Å²) in [4.78, 5) is 0. The van der Waals surface area contributed by atoms with E-state index in [1.165, 1.54) is 76.2 Å². The third kappa shape index (κ3) is 9.02. The van der Waals surface area contributed by atoms with E-state index in [1.807, 2.05) is 12.2 Å². The average Bonchev–Trinajstić information content (AvgIpc) is 2.70. The van der Waals surface area contributed by atoms with Crippen molar-refractivity contribution in [3.8, 4) is 23.7 Å². The highest BCUT2D eigenvalue weighted by Crippen LogP contribution is 2.30. The second-order valence-corrected chi connectivity index (χ2v) is 7.91. The van der Waals surface area contributed by atoms with E-state index >= 15 is 0 Å². The van der Waals surface area contributed by atoms with Crippen LogP contribution in [0, 0.1) is 35.5 Å². The summed E-state index contributed by atoms with van der Waals surface area (Å²) in [6.45, 7) is 4.55. The minimum absolute atomic E-state index is 0.598. The van der Waals surface area contributed by atoms with Crippen LogP contribution in [0.1, 0.15) is 89.2 Å². The molecular formula is C27H36. The summed E-state index contributed by atoms with van der Waals surface area (Å²) in [6, 6.07) is 8.70. The van der Waals surface area contributed by atoms with Gasteiger partial charge < -0.3 is 0 Å². The number of unbranched alkanes of at least 4 members (excludes halogenated alkanes) is 3. The summed E-state index contributed by atoms with van der Waals surface area (Å²) in [5.41, 5.74) is 2.51. The number of hydrogen-bond acceptors (Lipinski definition) is 0. The van der Waals surface area contributed by atoms with Gasteiger partial charge in [-0.25, -0.2) is 0 Å². The van der Waals surface area contributed by atoms with E-state index in [9.17, 15) is 0 Å². The van der Waals surface area contributed by atoms with Crippen LogP contribution in [0.25, 0.3) is 0 Å². The normalized spacial score (nSPS) is 19.2. The van der Waals surface area contributed by atoms with Crippen molar-refractivity contribution >= 4 is 0 Å². The van der Waals surface area contributed by atoms with Gasteiger partial charge in [0.15, 0.2) is 0 Å². The molecule has 1 aromatic carbocycles. The first kappa shape index (κ1) is 21.4. The molecule has 1 saturated carbocycles. The van der Waals surface area contributed by atoms with E-state index < -0.39 is 0 Å². The fourth-order valence-corrected chi connectivity index (χ4v) is 3.89. The molecule has 0 heteroatoms. The van der Waals surface area contributed by atoms with Crippen LogP contribution in [0.3, 0.4) is 0 Å². The zero-order chi connectivity index (χ0) is 19.2. The Balaban J connectivity index is 1.70. The molecule has 1 aromatic rings. The molecule has 27 heavy (non-hydrogen) atoms. The van der Waals surface area contributed by atoms with Crippen LogP contribution in [-0.2, 0) is 6.42 Å². The lowest BCUT2D eigenvalue weighted by atomic mass is 9.80. The van der Waals surface area contributed by atoms with Crippen LogP contribution in [0.2, 0.25) is 0 Å². The van der Waals surface area contributed by atoms with Crippen LogP contribution < -0.4 is 0 Å². The van der Waals surface area contributed by atoms with Crippen molar-refractivity contribution in [3.63, 3.8) is 0 Å². The molecule has 0 heterocycles. The molecule has 0 nitrogen and oxygen atoms in total. The van der Waals surface area contributed by atoms with Gasteiger partial charge in [-0.15, -0.1) is 0 Å². The molecule has 1 aliphatic rings. The van der Waals surface area contributed by atoms with Gasteiger partial charge in [-0.05, 0) is 74.3 Å². The van der Waals surface area contributed by atoms with Gasteiger partial charge in [0.1, 0.15) is 0 Å². The quantitative estimate of drug-likeness (QED) is 0.353. The minimum Gasteiger partial charge on any atom is -0.0951 e. The van der Waals surface area contributed by atoms with Gasteiger partial charge >= 0.3 is 0 Å². The van der Waals surface area contributed by atoms with Crippen molar-refractivity contribution < 1.29 is 0 Å². The Kier molecular flexibility index (Phi) is 10.5. The van der Waals surface area contributed by atoms with Crippen molar-refractivity contribution in [1.82, 2.24) is 0 Å². The topological polar surface area (TPSA) is 0 Å². The molecule has 2 rings (SSSR count). The number of rotatable bonds is 7. The Morgan fingerprint density at radius 3 is 2.30 bits per heavy atom. The second-order valence-electron chi connectivity index (χ2n) is 7.91. The summed E-state index contributed by atoms with van der Waals surface area (Å²) < 4.78 is 0. The maximum atomic E-state index is 3.41. The third-order valence-corrected chi connectivity index (χ3v) is 5.57.